The van der Waals surface area contributed by atoms with Crippen LogP contribution in [0.4, 0.5) is 4.39 Å². The van der Waals surface area contributed by atoms with Gasteiger partial charge in [0.2, 0.25) is 11.8 Å². The zero-order valence-corrected chi connectivity index (χ0v) is 17.2. The molecule has 158 valence electrons. The molecule has 2 heterocycles. The summed E-state index contributed by atoms with van der Waals surface area (Å²) in [5, 5.41) is 0. The third kappa shape index (κ3) is 4.87. The van der Waals surface area contributed by atoms with Crippen molar-refractivity contribution in [3.05, 3.63) is 71.5 Å². The number of halogens is 1. The van der Waals surface area contributed by atoms with E-state index in [9.17, 15) is 14.0 Å². The molecule has 2 aliphatic rings. The molecule has 2 fully saturated rings. The maximum atomic E-state index is 13.3. The van der Waals surface area contributed by atoms with Gasteiger partial charge in [0.15, 0.2) is 0 Å². The Morgan fingerprint density at radius 3 is 2.40 bits per heavy atom. The number of likely N-dealkylation sites (tertiary alicyclic amines) is 1. The average Bonchev–Trinajstić information content (AvgIpc) is 3.13. The predicted molar refractivity (Wildman–Crippen MR) is 113 cm³/mol. The van der Waals surface area contributed by atoms with Crippen LogP contribution in [0.25, 0.3) is 0 Å². The third-order valence-electron chi connectivity index (χ3n) is 6.13. The first kappa shape index (κ1) is 20.5. The Labute approximate surface area is 177 Å². The summed E-state index contributed by atoms with van der Waals surface area (Å²) in [4.78, 5) is 31.5. The highest BCUT2D eigenvalue weighted by atomic mass is 19.1. The van der Waals surface area contributed by atoms with Crippen molar-refractivity contribution < 1.29 is 14.0 Å². The maximum absolute atomic E-state index is 13.3. The van der Waals surface area contributed by atoms with Gasteiger partial charge in [-0.15, -0.1) is 0 Å². The number of rotatable bonds is 6. The number of hydrogen-bond acceptors (Lipinski definition) is 3. The molecule has 2 aliphatic heterocycles. The number of carbonyl (C=O) groups excluding carboxylic acids is 2. The van der Waals surface area contributed by atoms with Crippen molar-refractivity contribution in [3.8, 4) is 0 Å². The lowest BCUT2D eigenvalue weighted by molar-refractivity contribution is -0.135. The molecule has 0 aromatic heterocycles. The standard InChI is InChI=1S/C24H28FN3O2/c25-21-8-4-7-20(17-21)18-23(29)27-15-13-26(14-16-27)22-10-12-28(24(22)30)11-9-19-5-2-1-3-6-19/h1-8,17,22H,9-16,18H2. The minimum Gasteiger partial charge on any atom is -0.341 e. The Bertz CT molecular complexity index is 881. The second-order valence-corrected chi connectivity index (χ2v) is 8.09. The molecule has 0 spiro atoms. The zero-order valence-electron chi connectivity index (χ0n) is 17.2. The van der Waals surface area contributed by atoms with Crippen molar-refractivity contribution in [2.75, 3.05) is 39.3 Å². The molecule has 5 nitrogen and oxygen atoms in total. The van der Waals surface area contributed by atoms with Crippen molar-refractivity contribution in [1.82, 2.24) is 14.7 Å². The molecule has 2 amide bonds. The molecule has 1 atom stereocenters. The van der Waals surface area contributed by atoms with E-state index in [2.05, 4.69) is 17.0 Å². The van der Waals surface area contributed by atoms with Crippen LogP contribution in [0, 0.1) is 5.82 Å². The van der Waals surface area contributed by atoms with E-state index >= 15 is 0 Å². The summed E-state index contributed by atoms with van der Waals surface area (Å²) in [6.45, 7) is 4.19. The lowest BCUT2D eigenvalue weighted by atomic mass is 10.1. The summed E-state index contributed by atoms with van der Waals surface area (Å²) in [5.74, 6) is -0.0883. The van der Waals surface area contributed by atoms with E-state index in [1.54, 1.807) is 12.1 Å². The summed E-state index contributed by atoms with van der Waals surface area (Å²) < 4.78 is 13.3. The van der Waals surface area contributed by atoms with Crippen molar-refractivity contribution >= 4 is 11.8 Å². The van der Waals surface area contributed by atoms with E-state index in [0.29, 0.717) is 31.7 Å². The monoisotopic (exact) mass is 409 g/mol. The molecule has 2 aromatic rings. The SMILES string of the molecule is O=C(Cc1cccc(F)c1)N1CCN(C2CCN(CCc3ccccc3)C2=O)CC1. The molecular formula is C24H28FN3O2. The summed E-state index contributed by atoms with van der Waals surface area (Å²) >= 11 is 0. The second kappa shape index (κ2) is 9.39. The predicted octanol–water partition coefficient (Wildman–Crippen LogP) is 2.36. The van der Waals surface area contributed by atoms with Crippen LogP contribution in [0.1, 0.15) is 17.5 Å². The van der Waals surface area contributed by atoms with Crippen molar-refractivity contribution in [2.45, 2.75) is 25.3 Å². The maximum Gasteiger partial charge on any atom is 0.240 e. The lowest BCUT2D eigenvalue weighted by Gasteiger charge is -2.37. The molecule has 6 heteroatoms. The highest BCUT2D eigenvalue weighted by molar-refractivity contribution is 5.84. The van der Waals surface area contributed by atoms with Gasteiger partial charge in [0.25, 0.3) is 0 Å². The molecule has 0 N–H and O–H groups in total. The van der Waals surface area contributed by atoms with Gasteiger partial charge in [0.05, 0.1) is 12.5 Å². The summed E-state index contributed by atoms with van der Waals surface area (Å²) in [6, 6.07) is 16.4. The minimum atomic E-state index is -0.318. The van der Waals surface area contributed by atoms with Crippen LogP contribution in [-0.2, 0) is 22.4 Å². The fourth-order valence-electron chi connectivity index (χ4n) is 4.41. The molecule has 0 radical (unpaired) electrons. The van der Waals surface area contributed by atoms with Crippen LogP contribution in [0.2, 0.25) is 0 Å². The van der Waals surface area contributed by atoms with Gasteiger partial charge in [-0.2, -0.15) is 0 Å². The lowest BCUT2D eigenvalue weighted by Crippen LogP contribution is -2.54. The Kier molecular flexibility index (Phi) is 6.43. The normalized spacial score (nSPS) is 20.0. The van der Waals surface area contributed by atoms with Crippen LogP contribution in [0.15, 0.2) is 54.6 Å². The van der Waals surface area contributed by atoms with E-state index in [1.165, 1.54) is 17.7 Å². The van der Waals surface area contributed by atoms with Gasteiger partial charge in [-0.3, -0.25) is 14.5 Å². The number of hydrogen-bond donors (Lipinski definition) is 0. The number of carbonyl (C=O) groups is 2. The van der Waals surface area contributed by atoms with Gasteiger partial charge >= 0.3 is 0 Å². The Morgan fingerprint density at radius 2 is 1.67 bits per heavy atom. The molecule has 4 rings (SSSR count). The van der Waals surface area contributed by atoms with Crippen LogP contribution < -0.4 is 0 Å². The smallest absolute Gasteiger partial charge is 0.240 e. The topological polar surface area (TPSA) is 43.9 Å². The Hall–Kier alpha value is -2.73. The number of piperazine rings is 1. The van der Waals surface area contributed by atoms with Crippen LogP contribution >= 0.6 is 0 Å². The van der Waals surface area contributed by atoms with Crippen molar-refractivity contribution in [3.63, 3.8) is 0 Å². The molecule has 2 aromatic carbocycles. The largest absolute Gasteiger partial charge is 0.341 e. The minimum absolute atomic E-state index is 0.0162. The van der Waals surface area contributed by atoms with E-state index in [-0.39, 0.29) is 30.1 Å². The number of amides is 2. The van der Waals surface area contributed by atoms with E-state index in [4.69, 9.17) is 0 Å². The first-order valence-corrected chi connectivity index (χ1v) is 10.7. The van der Waals surface area contributed by atoms with Gasteiger partial charge < -0.3 is 9.80 Å². The van der Waals surface area contributed by atoms with Gasteiger partial charge in [-0.1, -0.05) is 42.5 Å². The fraction of sp³-hybridized carbons (Fsp3) is 0.417. The molecule has 1 unspecified atom stereocenters. The summed E-state index contributed by atoms with van der Waals surface area (Å²) in [5.41, 5.74) is 1.95. The quantitative estimate of drug-likeness (QED) is 0.736. The van der Waals surface area contributed by atoms with E-state index < -0.39 is 0 Å². The van der Waals surface area contributed by atoms with Crippen LogP contribution in [0.3, 0.4) is 0 Å². The Morgan fingerprint density at radius 1 is 0.933 bits per heavy atom. The van der Waals surface area contributed by atoms with Gasteiger partial charge in [0.1, 0.15) is 5.82 Å². The van der Waals surface area contributed by atoms with Gasteiger partial charge in [0, 0.05) is 39.3 Å². The van der Waals surface area contributed by atoms with E-state index in [0.717, 1.165) is 25.9 Å². The van der Waals surface area contributed by atoms with Crippen LogP contribution in [0.5, 0.6) is 0 Å². The third-order valence-corrected chi connectivity index (χ3v) is 6.13. The second-order valence-electron chi connectivity index (χ2n) is 8.09. The fourth-order valence-corrected chi connectivity index (χ4v) is 4.41. The number of benzene rings is 2. The molecule has 2 saturated heterocycles. The average molecular weight is 410 g/mol. The highest BCUT2D eigenvalue weighted by Gasteiger charge is 2.37. The summed E-state index contributed by atoms with van der Waals surface area (Å²) in [6.07, 6.45) is 1.94. The molecular weight excluding hydrogens is 381 g/mol. The van der Waals surface area contributed by atoms with Crippen LogP contribution in [-0.4, -0.2) is 71.8 Å². The number of nitrogens with zero attached hydrogens (tertiary/aromatic N) is 3. The Balaban J connectivity index is 1.25. The summed E-state index contributed by atoms with van der Waals surface area (Å²) in [7, 11) is 0. The highest BCUT2D eigenvalue weighted by Crippen LogP contribution is 2.20. The van der Waals surface area contributed by atoms with Gasteiger partial charge in [-0.25, -0.2) is 4.39 Å². The molecule has 30 heavy (non-hydrogen) atoms. The molecule has 0 bridgehead atoms. The first-order chi connectivity index (χ1) is 14.6. The van der Waals surface area contributed by atoms with Gasteiger partial charge in [-0.05, 0) is 36.1 Å². The van der Waals surface area contributed by atoms with Crippen molar-refractivity contribution in [2.24, 2.45) is 0 Å². The van der Waals surface area contributed by atoms with E-state index in [1.807, 2.05) is 28.0 Å². The zero-order chi connectivity index (χ0) is 20.9. The van der Waals surface area contributed by atoms with Crippen molar-refractivity contribution in [1.29, 1.82) is 0 Å². The molecule has 0 aliphatic carbocycles. The first-order valence-electron chi connectivity index (χ1n) is 10.7. The molecule has 0 saturated carbocycles.